The molecule has 0 unspecified atom stereocenters. The number of aryl methyl sites for hydroxylation is 1. The normalized spacial score (nSPS) is 27.0. The SMILES string of the molecule is Cc1cc(-n2c(C3CCOCC3)c(C3CC4(CC(C(=O)O)C4)C3)c3c(O)cccc32)ccc1F. The van der Waals surface area contributed by atoms with Gasteiger partial charge in [0.2, 0.25) is 0 Å². The van der Waals surface area contributed by atoms with Gasteiger partial charge in [-0.1, -0.05) is 6.07 Å². The Balaban J connectivity index is 1.51. The number of phenolic OH excluding ortho intramolecular Hbond substituents is 1. The second-order valence-electron chi connectivity index (χ2n) is 10.7. The molecule has 2 aromatic carbocycles. The van der Waals surface area contributed by atoms with E-state index in [1.54, 1.807) is 13.0 Å². The summed E-state index contributed by atoms with van der Waals surface area (Å²) in [7, 11) is 0. The fourth-order valence-corrected chi connectivity index (χ4v) is 6.89. The van der Waals surface area contributed by atoms with E-state index < -0.39 is 5.97 Å². The van der Waals surface area contributed by atoms with Gasteiger partial charge >= 0.3 is 5.97 Å². The average molecular weight is 464 g/mol. The Bertz CT molecular complexity index is 1280. The predicted octanol–water partition coefficient (Wildman–Crippen LogP) is 6.04. The van der Waals surface area contributed by atoms with Crippen molar-refractivity contribution in [1.29, 1.82) is 0 Å². The fourth-order valence-electron chi connectivity index (χ4n) is 6.89. The largest absolute Gasteiger partial charge is 0.507 e. The topological polar surface area (TPSA) is 71.7 Å². The molecule has 34 heavy (non-hydrogen) atoms. The van der Waals surface area contributed by atoms with Crippen molar-refractivity contribution < 1.29 is 24.1 Å². The molecule has 2 saturated carbocycles. The van der Waals surface area contributed by atoms with E-state index in [9.17, 15) is 19.4 Å². The highest BCUT2D eigenvalue weighted by Gasteiger charge is 2.56. The number of carboxylic acids is 1. The summed E-state index contributed by atoms with van der Waals surface area (Å²) in [6.07, 6.45) is 5.25. The highest BCUT2D eigenvalue weighted by atomic mass is 19.1. The van der Waals surface area contributed by atoms with Crippen molar-refractivity contribution in [2.24, 2.45) is 11.3 Å². The maximum absolute atomic E-state index is 14.2. The Morgan fingerprint density at radius 2 is 1.82 bits per heavy atom. The standard InChI is InChI=1S/C28H30FNO4/c1-16-11-20(5-6-21(16)29)30-22-3-2-4-23(31)25(22)24(26(30)17-7-9-34-10-8-17)18-12-28(13-18)14-19(15-28)27(32)33/h2-6,11,17-19,31H,7-10,12-15H2,1H3,(H,32,33). The highest BCUT2D eigenvalue weighted by molar-refractivity contribution is 5.93. The number of carboxylic acid groups (broad SMARTS) is 1. The summed E-state index contributed by atoms with van der Waals surface area (Å²) in [5, 5.41) is 21.3. The lowest BCUT2D eigenvalue weighted by Crippen LogP contribution is -2.49. The summed E-state index contributed by atoms with van der Waals surface area (Å²) in [6.45, 7) is 3.19. The number of benzene rings is 2. The van der Waals surface area contributed by atoms with Crippen LogP contribution >= 0.6 is 0 Å². The Morgan fingerprint density at radius 3 is 2.50 bits per heavy atom. The first-order chi connectivity index (χ1) is 16.4. The third-order valence-corrected chi connectivity index (χ3v) is 8.53. The maximum atomic E-state index is 14.2. The number of hydrogen-bond donors (Lipinski definition) is 2. The van der Waals surface area contributed by atoms with Gasteiger partial charge in [-0.2, -0.15) is 0 Å². The average Bonchev–Trinajstić information content (AvgIpc) is 3.10. The van der Waals surface area contributed by atoms with E-state index in [-0.39, 0.29) is 34.7 Å². The minimum atomic E-state index is -0.683. The van der Waals surface area contributed by atoms with Crippen molar-refractivity contribution in [3.8, 4) is 11.4 Å². The summed E-state index contributed by atoms with van der Waals surface area (Å²) in [6, 6.07) is 10.9. The van der Waals surface area contributed by atoms with E-state index in [1.807, 2.05) is 24.3 Å². The number of hydrogen-bond acceptors (Lipinski definition) is 3. The molecule has 5 nitrogen and oxygen atoms in total. The van der Waals surface area contributed by atoms with Gasteiger partial charge < -0.3 is 19.5 Å². The van der Waals surface area contributed by atoms with Crippen molar-refractivity contribution in [2.45, 2.75) is 57.3 Å². The summed E-state index contributed by atoms with van der Waals surface area (Å²) in [5.74, 6) is -0.284. The molecule has 6 heteroatoms. The van der Waals surface area contributed by atoms with Crippen LogP contribution in [-0.2, 0) is 9.53 Å². The molecule has 178 valence electrons. The van der Waals surface area contributed by atoms with Gasteiger partial charge in [0.05, 0.1) is 11.4 Å². The van der Waals surface area contributed by atoms with E-state index in [2.05, 4.69) is 4.57 Å². The first kappa shape index (κ1) is 21.7. The molecule has 3 fully saturated rings. The Labute approximate surface area is 198 Å². The lowest BCUT2D eigenvalue weighted by Gasteiger charge is -2.57. The van der Waals surface area contributed by atoms with Gasteiger partial charge in [-0.05, 0) is 98.2 Å². The number of aliphatic carboxylic acids is 1. The quantitative estimate of drug-likeness (QED) is 0.495. The number of nitrogens with zero attached hydrogens (tertiary/aromatic N) is 1. The van der Waals surface area contributed by atoms with Crippen LogP contribution in [0.4, 0.5) is 4.39 Å². The van der Waals surface area contributed by atoms with Crippen LogP contribution < -0.4 is 0 Å². The van der Waals surface area contributed by atoms with E-state index >= 15 is 0 Å². The van der Waals surface area contributed by atoms with E-state index in [4.69, 9.17) is 4.74 Å². The minimum Gasteiger partial charge on any atom is -0.507 e. The molecule has 3 aliphatic rings. The number of aromatic hydroxyl groups is 1. The van der Waals surface area contributed by atoms with Crippen molar-refractivity contribution in [3.63, 3.8) is 0 Å². The Hall–Kier alpha value is -2.86. The lowest BCUT2D eigenvalue weighted by molar-refractivity contribution is -0.155. The zero-order valence-electron chi connectivity index (χ0n) is 19.4. The summed E-state index contributed by atoms with van der Waals surface area (Å²) in [4.78, 5) is 11.4. The molecule has 3 aromatic rings. The molecule has 0 atom stereocenters. The van der Waals surface area contributed by atoms with Crippen LogP contribution in [0.3, 0.4) is 0 Å². The van der Waals surface area contributed by atoms with Gasteiger partial charge in [0.1, 0.15) is 11.6 Å². The van der Waals surface area contributed by atoms with Crippen LogP contribution in [-0.4, -0.2) is 34.0 Å². The molecule has 1 aliphatic heterocycles. The van der Waals surface area contributed by atoms with Crippen LogP contribution in [0.5, 0.6) is 5.75 Å². The third kappa shape index (κ3) is 3.26. The van der Waals surface area contributed by atoms with Crippen LogP contribution in [0.1, 0.15) is 67.2 Å². The summed E-state index contributed by atoms with van der Waals surface area (Å²) in [5.41, 5.74) is 4.99. The van der Waals surface area contributed by atoms with Crippen LogP contribution in [0, 0.1) is 24.1 Å². The summed E-state index contributed by atoms with van der Waals surface area (Å²) < 4.78 is 22.1. The monoisotopic (exact) mass is 463 g/mol. The summed E-state index contributed by atoms with van der Waals surface area (Å²) >= 11 is 0. The second kappa shape index (κ2) is 7.84. The van der Waals surface area contributed by atoms with Gasteiger partial charge in [-0.25, -0.2) is 4.39 Å². The molecule has 1 spiro atoms. The number of halogens is 1. The zero-order valence-corrected chi connectivity index (χ0v) is 19.4. The van der Waals surface area contributed by atoms with E-state index in [0.717, 1.165) is 55.1 Å². The highest BCUT2D eigenvalue weighted by Crippen LogP contribution is 2.66. The minimum absolute atomic E-state index is 0.131. The van der Waals surface area contributed by atoms with Gasteiger partial charge in [0.15, 0.2) is 0 Å². The lowest BCUT2D eigenvalue weighted by atomic mass is 9.47. The number of fused-ring (bicyclic) bond motifs is 1. The molecule has 0 amide bonds. The second-order valence-corrected chi connectivity index (χ2v) is 10.7. The third-order valence-electron chi connectivity index (χ3n) is 8.53. The fraction of sp³-hybridized carbons (Fsp3) is 0.464. The molecular formula is C28H30FNO4. The number of phenols is 1. The van der Waals surface area contributed by atoms with Crippen molar-refractivity contribution >= 4 is 16.9 Å². The van der Waals surface area contributed by atoms with Gasteiger partial charge in [0, 0.05) is 35.9 Å². The molecule has 0 radical (unpaired) electrons. The number of aromatic nitrogens is 1. The van der Waals surface area contributed by atoms with Gasteiger partial charge in [0.25, 0.3) is 0 Å². The van der Waals surface area contributed by atoms with E-state index in [1.165, 1.54) is 17.3 Å². The first-order valence-corrected chi connectivity index (χ1v) is 12.3. The maximum Gasteiger partial charge on any atom is 0.306 e. The Kier molecular flexibility index (Phi) is 4.99. The van der Waals surface area contributed by atoms with Crippen molar-refractivity contribution in [2.75, 3.05) is 13.2 Å². The predicted molar refractivity (Wildman–Crippen MR) is 127 cm³/mol. The molecule has 1 saturated heterocycles. The molecule has 6 rings (SSSR count). The number of ether oxygens (including phenoxy) is 1. The zero-order chi connectivity index (χ0) is 23.6. The first-order valence-electron chi connectivity index (χ1n) is 12.3. The molecule has 1 aromatic heterocycles. The molecule has 2 N–H and O–H groups in total. The van der Waals surface area contributed by atoms with E-state index in [0.29, 0.717) is 18.8 Å². The number of rotatable bonds is 4. The van der Waals surface area contributed by atoms with Crippen LogP contribution in [0.15, 0.2) is 36.4 Å². The van der Waals surface area contributed by atoms with Crippen LogP contribution in [0.25, 0.3) is 16.6 Å². The van der Waals surface area contributed by atoms with Gasteiger partial charge in [-0.3, -0.25) is 4.79 Å². The van der Waals surface area contributed by atoms with Crippen molar-refractivity contribution in [1.82, 2.24) is 4.57 Å². The molecule has 0 bridgehead atoms. The number of carbonyl (C=O) groups is 1. The van der Waals surface area contributed by atoms with Crippen LogP contribution in [0.2, 0.25) is 0 Å². The van der Waals surface area contributed by atoms with Crippen molar-refractivity contribution in [3.05, 3.63) is 59.0 Å². The molecule has 2 aliphatic carbocycles. The molecule has 2 heterocycles. The smallest absolute Gasteiger partial charge is 0.306 e. The van der Waals surface area contributed by atoms with Gasteiger partial charge in [-0.15, -0.1) is 0 Å². The Morgan fingerprint density at radius 1 is 1.09 bits per heavy atom. The molecular weight excluding hydrogens is 433 g/mol.